The van der Waals surface area contributed by atoms with E-state index in [1.54, 1.807) is 18.2 Å². The molecule has 216 valence electrons. The van der Waals surface area contributed by atoms with Gasteiger partial charge in [0.2, 0.25) is 11.7 Å². The van der Waals surface area contributed by atoms with Gasteiger partial charge in [-0.25, -0.2) is 4.39 Å². The maximum Gasteiger partial charge on any atom is 0.393 e. The Morgan fingerprint density at radius 2 is 2.10 bits per heavy atom. The van der Waals surface area contributed by atoms with Crippen molar-refractivity contribution in [2.75, 3.05) is 26.0 Å². The lowest BCUT2D eigenvalue weighted by Crippen LogP contribution is -2.52. The molecule has 2 aliphatic heterocycles. The molecular formula is C27H32F4N5O3S+. The van der Waals surface area contributed by atoms with Crippen LogP contribution in [0.15, 0.2) is 22.7 Å². The standard InChI is InChI=1S/C27H31F4N5O3S/c1-4-14-10-18(21(28)19-13-36(14,19)2)33-17-7-5-6-15-16(11-27(29,30)31)23(40-22(15)17)24-34-20(39-35-24)12-32-25(37)26(38-3)8-9-26/h5-7,14,18-19,21,33H,4,8-13H2,1-3H3/p+1. The van der Waals surface area contributed by atoms with Gasteiger partial charge in [0.05, 0.1) is 47.4 Å². The van der Waals surface area contributed by atoms with Gasteiger partial charge in [-0.2, -0.15) is 18.2 Å². The first kappa shape index (κ1) is 27.4. The largest absolute Gasteiger partial charge is 0.393 e. The van der Waals surface area contributed by atoms with Crippen LogP contribution in [0.2, 0.25) is 0 Å². The van der Waals surface area contributed by atoms with Crippen LogP contribution >= 0.6 is 11.3 Å². The molecule has 8 nitrogen and oxygen atoms in total. The first-order chi connectivity index (χ1) is 19.0. The van der Waals surface area contributed by atoms with Gasteiger partial charge in [0, 0.05) is 13.5 Å². The van der Waals surface area contributed by atoms with Gasteiger partial charge in [-0.1, -0.05) is 24.2 Å². The summed E-state index contributed by atoms with van der Waals surface area (Å²) in [6, 6.07) is 4.97. The molecule has 2 N–H and O–H groups in total. The van der Waals surface area contributed by atoms with Crippen LogP contribution in [0.1, 0.15) is 44.1 Å². The molecule has 0 spiro atoms. The Balaban J connectivity index is 1.29. The lowest BCUT2D eigenvalue weighted by atomic mass is 9.93. The van der Waals surface area contributed by atoms with Crippen molar-refractivity contribution in [3.05, 3.63) is 29.7 Å². The van der Waals surface area contributed by atoms with Gasteiger partial charge in [-0.3, -0.25) is 4.79 Å². The number of hydrogen-bond acceptors (Lipinski definition) is 7. The number of ether oxygens (including phenoxy) is 1. The molecule has 3 aliphatic rings. The van der Waals surface area contributed by atoms with Crippen LogP contribution < -0.4 is 10.6 Å². The Hall–Kier alpha value is -2.77. The van der Waals surface area contributed by atoms with Crippen molar-refractivity contribution in [2.24, 2.45) is 0 Å². The number of piperidine rings is 1. The van der Waals surface area contributed by atoms with Gasteiger partial charge >= 0.3 is 6.18 Å². The molecular weight excluding hydrogens is 550 g/mol. The molecule has 6 rings (SSSR count). The number of likely N-dealkylation sites (N-methyl/N-ethyl adjacent to an activating group) is 1. The topological polar surface area (TPSA) is 89.3 Å². The molecule has 1 amide bonds. The van der Waals surface area contributed by atoms with Crippen molar-refractivity contribution < 1.29 is 36.1 Å². The normalized spacial score (nSPS) is 28.8. The monoisotopic (exact) mass is 582 g/mol. The summed E-state index contributed by atoms with van der Waals surface area (Å²) in [7, 11) is 3.57. The minimum atomic E-state index is -4.47. The number of carbonyl (C=O) groups excluding carboxylic acids is 1. The summed E-state index contributed by atoms with van der Waals surface area (Å²) in [6.45, 7) is 2.86. The highest BCUT2D eigenvalue weighted by molar-refractivity contribution is 7.23. The predicted octanol–water partition coefficient (Wildman–Crippen LogP) is 4.98. The Morgan fingerprint density at radius 1 is 1.32 bits per heavy atom. The van der Waals surface area contributed by atoms with Gasteiger partial charge < -0.3 is 24.4 Å². The third-order valence-electron chi connectivity index (χ3n) is 8.90. The zero-order valence-corrected chi connectivity index (χ0v) is 23.3. The van der Waals surface area contributed by atoms with E-state index in [2.05, 4.69) is 34.7 Å². The molecule has 1 aromatic carbocycles. The Labute approximate surface area is 232 Å². The van der Waals surface area contributed by atoms with E-state index in [1.807, 2.05) is 0 Å². The van der Waals surface area contributed by atoms with Gasteiger partial charge in [0.15, 0.2) is 12.2 Å². The van der Waals surface area contributed by atoms with Gasteiger partial charge in [-0.05, 0) is 36.3 Å². The van der Waals surface area contributed by atoms with Crippen molar-refractivity contribution in [3.8, 4) is 10.7 Å². The number of alkyl halides is 4. The highest BCUT2D eigenvalue weighted by Crippen LogP contribution is 2.47. The van der Waals surface area contributed by atoms with Crippen LogP contribution in [0, 0.1) is 0 Å². The molecule has 2 saturated heterocycles. The highest BCUT2D eigenvalue weighted by Gasteiger charge is 2.65. The Morgan fingerprint density at radius 3 is 2.77 bits per heavy atom. The summed E-state index contributed by atoms with van der Waals surface area (Å²) in [6.07, 6.45) is -3.86. The molecule has 2 aromatic heterocycles. The van der Waals surface area contributed by atoms with Gasteiger partial charge in [0.25, 0.3) is 5.91 Å². The van der Waals surface area contributed by atoms with E-state index in [0.717, 1.165) is 28.8 Å². The van der Waals surface area contributed by atoms with E-state index in [0.29, 0.717) is 41.1 Å². The summed E-state index contributed by atoms with van der Waals surface area (Å²) in [4.78, 5) is 16.9. The minimum absolute atomic E-state index is 0.0154. The van der Waals surface area contributed by atoms with E-state index in [-0.39, 0.29) is 40.6 Å². The number of quaternary nitrogens is 1. The van der Waals surface area contributed by atoms with Gasteiger partial charge in [-0.15, -0.1) is 11.3 Å². The minimum Gasteiger partial charge on any atom is -0.378 e. The first-order valence-corrected chi connectivity index (χ1v) is 14.3. The fourth-order valence-corrected chi connectivity index (χ4v) is 7.49. The second kappa shape index (κ2) is 9.66. The van der Waals surface area contributed by atoms with E-state index in [4.69, 9.17) is 9.26 Å². The van der Waals surface area contributed by atoms with Crippen molar-refractivity contribution in [1.29, 1.82) is 0 Å². The van der Waals surface area contributed by atoms with Crippen molar-refractivity contribution in [1.82, 2.24) is 15.5 Å². The SMILES string of the molecule is CCC1CC(Nc2cccc3c(CC(F)(F)F)c(-c4noc(CNC(=O)C5(OC)CC5)n4)sc23)C(F)C2C[N+]12C. The molecule has 4 heterocycles. The number of aromatic nitrogens is 2. The third kappa shape index (κ3) is 4.75. The first-order valence-electron chi connectivity index (χ1n) is 13.5. The van der Waals surface area contributed by atoms with E-state index in [1.165, 1.54) is 7.11 Å². The smallest absolute Gasteiger partial charge is 0.378 e. The second-order valence-corrected chi connectivity index (χ2v) is 12.4. The summed E-state index contributed by atoms with van der Waals surface area (Å²) >= 11 is 1.13. The maximum atomic E-state index is 15.4. The summed E-state index contributed by atoms with van der Waals surface area (Å²) in [5, 5.41) is 10.4. The van der Waals surface area contributed by atoms with E-state index in [9.17, 15) is 18.0 Å². The molecule has 0 bridgehead atoms. The van der Waals surface area contributed by atoms with Crippen LogP contribution in [-0.2, 0) is 22.5 Å². The number of thiophene rings is 1. The van der Waals surface area contributed by atoms with Crippen LogP contribution in [0.5, 0.6) is 0 Å². The molecule has 5 unspecified atom stereocenters. The number of nitrogens with one attached hydrogen (secondary N) is 2. The average molecular weight is 583 g/mol. The third-order valence-corrected chi connectivity index (χ3v) is 10.2. The zero-order valence-electron chi connectivity index (χ0n) is 22.5. The number of halogens is 4. The zero-order chi connectivity index (χ0) is 28.4. The maximum absolute atomic E-state index is 15.4. The number of benzene rings is 1. The molecule has 3 fully saturated rings. The number of anilines is 1. The summed E-state index contributed by atoms with van der Waals surface area (Å²) in [5.74, 6) is -0.209. The summed E-state index contributed by atoms with van der Waals surface area (Å²) in [5.41, 5.74) is -0.188. The fraction of sp³-hybridized carbons (Fsp3) is 0.593. The number of amides is 1. The molecule has 3 aromatic rings. The Bertz CT molecular complexity index is 1440. The quantitative estimate of drug-likeness (QED) is 0.210. The number of methoxy groups -OCH3 is 1. The Kier molecular flexibility index (Phi) is 6.62. The van der Waals surface area contributed by atoms with Crippen LogP contribution in [-0.4, -0.2) is 77.3 Å². The highest BCUT2D eigenvalue weighted by atomic mass is 32.1. The summed E-state index contributed by atoms with van der Waals surface area (Å²) < 4.78 is 68.4. The molecule has 1 saturated carbocycles. The van der Waals surface area contributed by atoms with Gasteiger partial charge in [0.1, 0.15) is 12.1 Å². The predicted molar refractivity (Wildman–Crippen MR) is 142 cm³/mol. The number of carbonyl (C=O) groups is 1. The number of fused-ring (bicyclic) bond motifs is 2. The van der Waals surface area contributed by atoms with Crippen molar-refractivity contribution in [3.63, 3.8) is 0 Å². The lowest BCUT2D eigenvalue weighted by Gasteiger charge is -2.36. The van der Waals surface area contributed by atoms with Crippen LogP contribution in [0.4, 0.5) is 23.2 Å². The number of hydrogen-bond donors (Lipinski definition) is 2. The molecule has 40 heavy (non-hydrogen) atoms. The molecule has 1 aliphatic carbocycles. The number of nitrogens with zero attached hydrogens (tertiary/aromatic N) is 3. The van der Waals surface area contributed by atoms with Crippen LogP contribution in [0.25, 0.3) is 20.8 Å². The van der Waals surface area contributed by atoms with Crippen LogP contribution in [0.3, 0.4) is 0 Å². The second-order valence-electron chi connectivity index (χ2n) is 11.4. The number of rotatable bonds is 9. The fourth-order valence-electron chi connectivity index (χ4n) is 6.27. The van der Waals surface area contributed by atoms with Crippen molar-refractivity contribution >= 4 is 33.0 Å². The molecule has 0 radical (unpaired) electrons. The van der Waals surface area contributed by atoms with E-state index >= 15 is 4.39 Å². The molecule has 13 heteroatoms. The lowest BCUT2D eigenvalue weighted by molar-refractivity contribution is -0.828. The van der Waals surface area contributed by atoms with E-state index < -0.39 is 30.4 Å². The molecule has 5 atom stereocenters. The van der Waals surface area contributed by atoms with Crippen molar-refractivity contribution in [2.45, 2.75) is 81.6 Å². The average Bonchev–Trinajstić information content (AvgIpc) is 3.76.